The fourth-order valence-corrected chi connectivity index (χ4v) is 14.7. The highest BCUT2D eigenvalue weighted by atomic mass is 32.1. The number of β-amino-alcohol motifs (C(OH)–C–C–N with tert-alkyl or cyclic N) is 1. The number of Topliss-reactive ketones (excluding diaryl/α,β-unsaturated/α-hetero) is 3. The summed E-state index contributed by atoms with van der Waals surface area (Å²) in [6.45, 7) is 26.3. The van der Waals surface area contributed by atoms with Gasteiger partial charge >= 0.3 is 6.18 Å². The first kappa shape index (κ1) is 90.0. The average Bonchev–Trinajstić information content (AvgIpc) is 1.34. The molecule has 4 fully saturated rings. The highest BCUT2D eigenvalue weighted by Gasteiger charge is 2.45. The molecule has 8 atom stereocenters. The van der Waals surface area contributed by atoms with Gasteiger partial charge in [-0.3, -0.25) is 33.6 Å². The van der Waals surface area contributed by atoms with E-state index in [0.717, 1.165) is 109 Å². The lowest BCUT2D eigenvalue weighted by Crippen LogP contribution is -2.47. The Morgan fingerprint density at radius 2 is 1.52 bits per heavy atom. The second kappa shape index (κ2) is 44.9. The van der Waals surface area contributed by atoms with Gasteiger partial charge in [-0.25, -0.2) is 9.97 Å². The van der Waals surface area contributed by atoms with E-state index in [1.807, 2.05) is 90.0 Å². The molecule has 2 amide bonds. The van der Waals surface area contributed by atoms with E-state index in [0.29, 0.717) is 120 Å². The van der Waals surface area contributed by atoms with Gasteiger partial charge < -0.3 is 53.4 Å². The molecular weight excluding hydrogens is 1470 g/mol. The van der Waals surface area contributed by atoms with E-state index in [-0.39, 0.29) is 97.8 Å². The highest BCUT2D eigenvalue weighted by Crippen LogP contribution is 2.39. The summed E-state index contributed by atoms with van der Waals surface area (Å²) < 4.78 is 82.0. The van der Waals surface area contributed by atoms with Crippen molar-refractivity contribution in [2.24, 2.45) is 22.4 Å². The van der Waals surface area contributed by atoms with E-state index in [1.54, 1.807) is 23.6 Å². The molecule has 2 aromatic carbocycles. The number of likely N-dealkylation sites (tertiary alicyclic amines) is 1. The molecule has 4 aliphatic heterocycles. The fourth-order valence-electron chi connectivity index (χ4n) is 13.9. The average molecular weight is 1590 g/mol. The van der Waals surface area contributed by atoms with Crippen LogP contribution in [0.25, 0.3) is 32.0 Å². The Kier molecular flexibility index (Phi) is 35.8. The minimum Gasteiger partial charge on any atom is -0.473 e. The largest absolute Gasteiger partial charge is 0.473 e. The van der Waals surface area contributed by atoms with Crippen LogP contribution < -0.4 is 15.0 Å². The number of benzene rings is 2. The summed E-state index contributed by atoms with van der Waals surface area (Å²) in [6.07, 6.45) is 15.3. The van der Waals surface area contributed by atoms with Crippen LogP contribution in [0.15, 0.2) is 89.9 Å². The highest BCUT2D eigenvalue weighted by molar-refractivity contribution is 7.13. The number of aliphatic hydroxyl groups excluding tert-OH is 1. The maximum atomic E-state index is 13.8. The van der Waals surface area contributed by atoms with Gasteiger partial charge in [0.1, 0.15) is 35.7 Å². The second-order valence-corrected chi connectivity index (χ2v) is 31.9. The molecule has 25 nitrogen and oxygen atoms in total. The topological polar surface area (TPSA) is 307 Å². The molecule has 113 heavy (non-hydrogen) atoms. The first-order valence-electron chi connectivity index (χ1n) is 39.5. The zero-order valence-electron chi connectivity index (χ0n) is 67.0. The Hall–Kier alpha value is -8.56. The lowest BCUT2D eigenvalue weighted by Gasteiger charge is -2.35. The number of carbonyl (C=O) groups is 5. The van der Waals surface area contributed by atoms with Crippen molar-refractivity contribution in [1.82, 2.24) is 34.8 Å². The number of hydrogen-bond acceptors (Lipinski definition) is 21. The molecule has 0 aliphatic carbocycles. The molecule has 0 spiro atoms. The van der Waals surface area contributed by atoms with Crippen molar-refractivity contribution in [3.05, 3.63) is 129 Å². The van der Waals surface area contributed by atoms with Gasteiger partial charge in [0.25, 0.3) is 5.91 Å². The van der Waals surface area contributed by atoms with Crippen LogP contribution >= 0.6 is 11.3 Å². The van der Waals surface area contributed by atoms with Crippen LogP contribution in [0.4, 0.5) is 24.5 Å². The van der Waals surface area contributed by atoms with Gasteiger partial charge in [-0.1, -0.05) is 101 Å². The molecule has 0 unspecified atom stereocenters. The Labute approximate surface area is 666 Å². The quantitative estimate of drug-likeness (QED) is 0.0121. The number of rotatable bonds is 36. The summed E-state index contributed by atoms with van der Waals surface area (Å²) in [7, 11) is 0. The number of amides is 2. The number of halogens is 3. The van der Waals surface area contributed by atoms with Gasteiger partial charge in [0, 0.05) is 136 Å². The zero-order valence-corrected chi connectivity index (χ0v) is 67.9. The number of morpholine rings is 1. The van der Waals surface area contributed by atoms with Crippen LogP contribution in [0.1, 0.15) is 196 Å². The lowest BCUT2D eigenvalue weighted by atomic mass is 9.76. The molecule has 4 aliphatic rings. The molecular formula is C84H113F3N12O13S. The standard InChI is InChI=1S/C32H33F3N4O5.C31H43N5O4S.C21H37N3O4/c1-3-10-42-20-27-17-26(7-11-43-27)44-31-29(39-8-12-41-13-9-39)15-23(18-37-31)28-16-25(19-36-21(28)2)38-30(40)22-5-4-6-24(14-22)32(33,34)35;1-20(22-10-12-23(13-11-22)29-21(2)33-19-41-29)15-28(39)27-17-25(38)18-36(27)30(40)26(31(3,4)5)16-24(37)9-7-6-8-14-34-35-32;1-16(2)21(25)8-6-5-7-10-24-13-18(22-23-24)14-26-15-20-12-19(9-11-27-20)28-17(3)4/h1,4-6,14-16,18-19,26-27H,7-13,17,20H2,2H3,(H,38,40);10-13,19-20,25-27,38H,6-9,14-18H2,1-5H3;13,16-17,19-20H,5-12,14-15H2,1-4H3/t26-,27+;20-,25-,26+,27+;19-,20+/m010/s1. The SMILES string of the molecule is C#CCOC[C@H]1C[C@@H](Oc2ncc(-c3cc(NC(=O)c4cccc(C(F)(F)F)c4)cnc3C)cc2N2CCOCC2)CCO1.CC(C)O[C@H]1CCO[C@@H](COCc2cn(CCCCCC(=O)C(C)C)nn2)C1.Cc1ncsc1-c1ccc([C@H](C)CC(=O)[C@@H]2C[C@@H](O)CN2C(=O)[C@H](CC(=O)CCCCCN=[N+]=[N-])C(C)(C)C)cc1. The second-order valence-electron chi connectivity index (χ2n) is 31.0. The molecule has 0 radical (unpaired) electrons. The third-order valence-electron chi connectivity index (χ3n) is 20.2. The molecule has 29 heteroatoms. The van der Waals surface area contributed by atoms with Crippen LogP contribution in [-0.4, -0.2) is 184 Å². The Morgan fingerprint density at radius 3 is 2.20 bits per heavy atom. The number of ether oxygens (including phenoxy) is 7. The van der Waals surface area contributed by atoms with Gasteiger partial charge in [0.05, 0.1) is 116 Å². The number of aliphatic hydroxyl groups is 1. The number of nitrogens with zero attached hydrogens (tertiary/aromatic N) is 11. The number of aryl methyl sites for hydroxylation is 3. The number of unbranched alkanes of at least 4 members (excludes halogenated alkanes) is 4. The maximum Gasteiger partial charge on any atom is 0.416 e. The first-order chi connectivity index (χ1) is 54.1. The number of ketones is 3. The first-order valence-corrected chi connectivity index (χ1v) is 40.3. The van der Waals surface area contributed by atoms with Crippen LogP contribution in [0.2, 0.25) is 0 Å². The number of aromatic nitrogens is 6. The fraction of sp³-hybridized carbons (Fsp3) is 0.595. The number of azide groups is 1. The summed E-state index contributed by atoms with van der Waals surface area (Å²) in [5.74, 6) is 1.84. The normalized spacial score (nSPS) is 19.1. The van der Waals surface area contributed by atoms with E-state index < -0.39 is 41.1 Å². The van der Waals surface area contributed by atoms with Crippen LogP contribution in [0.3, 0.4) is 0 Å². The molecule has 4 aromatic heterocycles. The Balaban J connectivity index is 0.000000218. The number of terminal acetylenes is 1. The molecule has 0 saturated carbocycles. The molecule has 6 aromatic rings. The molecule has 4 saturated heterocycles. The van der Waals surface area contributed by atoms with E-state index in [2.05, 4.69) is 72.4 Å². The number of alkyl halides is 3. The summed E-state index contributed by atoms with van der Waals surface area (Å²) in [4.78, 5) is 85.6. The van der Waals surface area contributed by atoms with E-state index in [4.69, 9.17) is 50.1 Å². The number of anilines is 2. The van der Waals surface area contributed by atoms with Crippen molar-refractivity contribution in [1.29, 1.82) is 0 Å². The van der Waals surface area contributed by atoms with Crippen molar-refractivity contribution in [2.45, 2.75) is 233 Å². The van der Waals surface area contributed by atoms with Gasteiger partial charge in [-0.15, -0.1) is 22.9 Å². The lowest BCUT2D eigenvalue weighted by molar-refractivity contribution is -0.146. The van der Waals surface area contributed by atoms with Crippen molar-refractivity contribution in [3.63, 3.8) is 0 Å². The summed E-state index contributed by atoms with van der Waals surface area (Å²) in [5.41, 5.74) is 15.9. The van der Waals surface area contributed by atoms with E-state index >= 15 is 0 Å². The molecule has 614 valence electrons. The molecule has 8 heterocycles. The number of thiazole rings is 1. The Morgan fingerprint density at radius 1 is 0.814 bits per heavy atom. The summed E-state index contributed by atoms with van der Waals surface area (Å²) in [5, 5.41) is 25.0. The number of nitrogens with one attached hydrogen (secondary N) is 1. The predicted molar refractivity (Wildman–Crippen MR) is 426 cm³/mol. The van der Waals surface area contributed by atoms with Gasteiger partial charge in [0.2, 0.25) is 11.8 Å². The van der Waals surface area contributed by atoms with Crippen molar-refractivity contribution in [2.75, 3.05) is 82.6 Å². The van der Waals surface area contributed by atoms with Crippen molar-refractivity contribution >= 4 is 51.9 Å². The maximum absolute atomic E-state index is 13.8. The summed E-state index contributed by atoms with van der Waals surface area (Å²) >= 11 is 1.60. The number of hydrogen-bond donors (Lipinski definition) is 2. The van der Waals surface area contributed by atoms with Gasteiger partial charge in [0.15, 0.2) is 5.78 Å². The van der Waals surface area contributed by atoms with E-state index in [1.165, 1.54) is 23.2 Å². The predicted octanol–water partition coefficient (Wildman–Crippen LogP) is 15.3. The number of pyridine rings is 2. The molecule has 10 rings (SSSR count). The van der Waals surface area contributed by atoms with Gasteiger partial charge in [-0.2, -0.15) is 13.2 Å². The Bertz CT molecular complexity index is 4110. The van der Waals surface area contributed by atoms with Crippen LogP contribution in [0, 0.1) is 43.4 Å². The monoisotopic (exact) mass is 1590 g/mol. The third kappa shape index (κ3) is 29.0. The summed E-state index contributed by atoms with van der Waals surface area (Å²) in [6, 6.07) is 15.5. The van der Waals surface area contributed by atoms with E-state index in [9.17, 15) is 42.3 Å². The molecule has 2 N–H and O–H groups in total. The minimum absolute atomic E-state index is 0.00951. The van der Waals surface area contributed by atoms with Crippen molar-refractivity contribution in [3.8, 4) is 39.8 Å². The van der Waals surface area contributed by atoms with Crippen LogP contribution in [-0.2, 0) is 66.9 Å². The smallest absolute Gasteiger partial charge is 0.416 e. The van der Waals surface area contributed by atoms with Crippen LogP contribution in [0.5, 0.6) is 5.88 Å². The minimum atomic E-state index is -4.56. The number of carbonyl (C=O) groups excluding carboxylic acids is 5. The zero-order chi connectivity index (χ0) is 81.6. The van der Waals surface area contributed by atoms with Gasteiger partial charge in [-0.05, 0) is 118 Å². The van der Waals surface area contributed by atoms with Crippen molar-refractivity contribution < 1.29 is 75.4 Å². The third-order valence-corrected chi connectivity index (χ3v) is 21.2. The molecule has 0 bridgehead atoms.